The van der Waals surface area contributed by atoms with Crippen molar-refractivity contribution < 1.29 is 14.3 Å². The number of ether oxygens (including phenoxy) is 1. The number of nitrogens with zero attached hydrogens (tertiary/aromatic N) is 1. The standard InChI is InChI=1S/C14H19N3O3/c1-20-9-7-15-14(19)16-11-4-2-5-12(10-11)17-8-3-6-13(17)18/h2,4-5,10H,3,6-9H2,1H3,(H2,15,16,19). The molecular formula is C14H19N3O3. The van der Waals surface area contributed by atoms with E-state index in [1.165, 1.54) is 0 Å². The largest absolute Gasteiger partial charge is 0.383 e. The number of rotatable bonds is 5. The van der Waals surface area contributed by atoms with Crippen LogP contribution in [0.15, 0.2) is 24.3 Å². The Labute approximate surface area is 118 Å². The van der Waals surface area contributed by atoms with E-state index in [1.807, 2.05) is 12.1 Å². The zero-order valence-corrected chi connectivity index (χ0v) is 11.5. The summed E-state index contributed by atoms with van der Waals surface area (Å²) >= 11 is 0. The second kappa shape index (κ2) is 6.91. The lowest BCUT2D eigenvalue weighted by molar-refractivity contribution is -0.117. The average molecular weight is 277 g/mol. The maximum Gasteiger partial charge on any atom is 0.319 e. The van der Waals surface area contributed by atoms with E-state index in [1.54, 1.807) is 24.1 Å². The van der Waals surface area contributed by atoms with Gasteiger partial charge in [-0.05, 0) is 24.6 Å². The molecule has 0 aromatic heterocycles. The van der Waals surface area contributed by atoms with Gasteiger partial charge in [-0.2, -0.15) is 0 Å². The van der Waals surface area contributed by atoms with Crippen LogP contribution in [0.2, 0.25) is 0 Å². The Morgan fingerprint density at radius 3 is 3.00 bits per heavy atom. The Hall–Kier alpha value is -2.08. The molecule has 0 bridgehead atoms. The third-order valence-electron chi connectivity index (χ3n) is 3.08. The highest BCUT2D eigenvalue weighted by atomic mass is 16.5. The number of methoxy groups -OCH3 is 1. The van der Waals surface area contributed by atoms with E-state index in [9.17, 15) is 9.59 Å². The molecule has 0 saturated carbocycles. The molecule has 2 N–H and O–H groups in total. The maximum absolute atomic E-state index is 11.7. The molecule has 0 radical (unpaired) electrons. The number of hydrogen-bond donors (Lipinski definition) is 2. The smallest absolute Gasteiger partial charge is 0.319 e. The van der Waals surface area contributed by atoms with E-state index in [4.69, 9.17) is 4.74 Å². The fourth-order valence-electron chi connectivity index (χ4n) is 2.11. The summed E-state index contributed by atoms with van der Waals surface area (Å²) in [7, 11) is 1.58. The van der Waals surface area contributed by atoms with Gasteiger partial charge in [-0.25, -0.2) is 4.79 Å². The highest BCUT2D eigenvalue weighted by Gasteiger charge is 2.21. The zero-order chi connectivity index (χ0) is 14.4. The van der Waals surface area contributed by atoms with Gasteiger partial charge in [-0.3, -0.25) is 4.79 Å². The van der Waals surface area contributed by atoms with Crippen molar-refractivity contribution in [2.24, 2.45) is 0 Å². The highest BCUT2D eigenvalue weighted by Crippen LogP contribution is 2.24. The van der Waals surface area contributed by atoms with Crippen molar-refractivity contribution in [2.45, 2.75) is 12.8 Å². The lowest BCUT2D eigenvalue weighted by Gasteiger charge is -2.16. The van der Waals surface area contributed by atoms with Crippen molar-refractivity contribution in [3.8, 4) is 0 Å². The molecule has 3 amide bonds. The Morgan fingerprint density at radius 2 is 2.30 bits per heavy atom. The first-order chi connectivity index (χ1) is 9.70. The normalized spacial score (nSPS) is 14.4. The van der Waals surface area contributed by atoms with Crippen molar-refractivity contribution >= 4 is 23.3 Å². The SMILES string of the molecule is COCCNC(=O)Nc1cccc(N2CCCC2=O)c1. The number of hydrogen-bond acceptors (Lipinski definition) is 3. The molecule has 20 heavy (non-hydrogen) atoms. The molecule has 1 aliphatic heterocycles. The van der Waals surface area contributed by atoms with E-state index in [0.717, 1.165) is 18.7 Å². The maximum atomic E-state index is 11.7. The molecule has 1 heterocycles. The van der Waals surface area contributed by atoms with E-state index in [0.29, 0.717) is 25.3 Å². The summed E-state index contributed by atoms with van der Waals surface area (Å²) in [6.45, 7) is 1.66. The monoisotopic (exact) mass is 277 g/mol. The van der Waals surface area contributed by atoms with Crippen LogP contribution in [0.1, 0.15) is 12.8 Å². The van der Waals surface area contributed by atoms with Gasteiger partial charge >= 0.3 is 6.03 Å². The van der Waals surface area contributed by atoms with Crippen molar-refractivity contribution in [3.63, 3.8) is 0 Å². The van der Waals surface area contributed by atoms with Crippen LogP contribution < -0.4 is 15.5 Å². The van der Waals surface area contributed by atoms with Crippen LogP contribution in [-0.2, 0) is 9.53 Å². The first-order valence-electron chi connectivity index (χ1n) is 6.65. The molecule has 2 rings (SSSR count). The lowest BCUT2D eigenvalue weighted by Crippen LogP contribution is -2.31. The topological polar surface area (TPSA) is 70.7 Å². The van der Waals surface area contributed by atoms with Crippen LogP contribution in [0.3, 0.4) is 0 Å². The Morgan fingerprint density at radius 1 is 1.45 bits per heavy atom. The number of anilines is 2. The minimum Gasteiger partial charge on any atom is -0.383 e. The van der Waals surface area contributed by atoms with E-state index in [-0.39, 0.29) is 11.9 Å². The number of carbonyl (C=O) groups is 2. The van der Waals surface area contributed by atoms with Gasteiger partial charge in [0.2, 0.25) is 5.91 Å². The number of nitrogens with one attached hydrogen (secondary N) is 2. The number of benzene rings is 1. The van der Waals surface area contributed by atoms with Gasteiger partial charge in [0.1, 0.15) is 0 Å². The Balaban J connectivity index is 1.95. The van der Waals surface area contributed by atoms with Crippen LogP contribution in [0, 0.1) is 0 Å². The first-order valence-corrected chi connectivity index (χ1v) is 6.65. The fourth-order valence-corrected chi connectivity index (χ4v) is 2.11. The lowest BCUT2D eigenvalue weighted by atomic mass is 10.2. The Bertz CT molecular complexity index is 490. The predicted molar refractivity (Wildman–Crippen MR) is 76.9 cm³/mol. The van der Waals surface area contributed by atoms with Gasteiger partial charge in [0, 0.05) is 38.0 Å². The minimum atomic E-state index is -0.285. The quantitative estimate of drug-likeness (QED) is 0.803. The van der Waals surface area contributed by atoms with Crippen LogP contribution in [0.25, 0.3) is 0 Å². The summed E-state index contributed by atoms with van der Waals surface area (Å²) < 4.78 is 4.85. The second-order valence-electron chi connectivity index (χ2n) is 4.57. The molecule has 0 spiro atoms. The molecule has 6 nitrogen and oxygen atoms in total. The summed E-state index contributed by atoms with van der Waals surface area (Å²) in [6, 6.07) is 7.01. The molecule has 1 aromatic carbocycles. The summed E-state index contributed by atoms with van der Waals surface area (Å²) in [4.78, 5) is 25.1. The molecule has 1 fully saturated rings. The average Bonchev–Trinajstić information content (AvgIpc) is 2.85. The molecule has 1 aromatic rings. The minimum absolute atomic E-state index is 0.131. The fraction of sp³-hybridized carbons (Fsp3) is 0.429. The van der Waals surface area contributed by atoms with Crippen molar-refractivity contribution in [1.29, 1.82) is 0 Å². The van der Waals surface area contributed by atoms with Crippen LogP contribution in [-0.4, -0.2) is 38.7 Å². The molecule has 0 atom stereocenters. The molecule has 1 saturated heterocycles. The van der Waals surface area contributed by atoms with E-state index >= 15 is 0 Å². The molecule has 6 heteroatoms. The van der Waals surface area contributed by atoms with Crippen molar-refractivity contribution in [1.82, 2.24) is 5.32 Å². The number of carbonyl (C=O) groups excluding carboxylic acids is 2. The van der Waals surface area contributed by atoms with Gasteiger partial charge in [-0.15, -0.1) is 0 Å². The third kappa shape index (κ3) is 3.71. The number of urea groups is 1. The zero-order valence-electron chi connectivity index (χ0n) is 11.5. The van der Waals surface area contributed by atoms with Gasteiger partial charge in [-0.1, -0.05) is 6.07 Å². The van der Waals surface area contributed by atoms with Gasteiger partial charge in [0.15, 0.2) is 0 Å². The van der Waals surface area contributed by atoms with Gasteiger partial charge < -0.3 is 20.3 Å². The van der Waals surface area contributed by atoms with E-state index in [2.05, 4.69) is 10.6 Å². The molecular weight excluding hydrogens is 258 g/mol. The summed E-state index contributed by atoms with van der Waals surface area (Å²) in [5, 5.41) is 5.41. The Kier molecular flexibility index (Phi) is 4.95. The van der Waals surface area contributed by atoms with E-state index < -0.39 is 0 Å². The van der Waals surface area contributed by atoms with Crippen molar-refractivity contribution in [2.75, 3.05) is 37.0 Å². The molecule has 0 aliphatic carbocycles. The molecule has 108 valence electrons. The van der Waals surface area contributed by atoms with Gasteiger partial charge in [0.25, 0.3) is 0 Å². The van der Waals surface area contributed by atoms with Gasteiger partial charge in [0.05, 0.1) is 6.61 Å². The molecule has 0 unspecified atom stereocenters. The van der Waals surface area contributed by atoms with Crippen molar-refractivity contribution in [3.05, 3.63) is 24.3 Å². The highest BCUT2D eigenvalue weighted by molar-refractivity contribution is 5.96. The van der Waals surface area contributed by atoms with Crippen LogP contribution in [0.4, 0.5) is 16.2 Å². The summed E-state index contributed by atoms with van der Waals surface area (Å²) in [6.07, 6.45) is 1.48. The first kappa shape index (κ1) is 14.3. The number of amides is 3. The summed E-state index contributed by atoms with van der Waals surface area (Å²) in [5.41, 5.74) is 1.49. The third-order valence-corrected chi connectivity index (χ3v) is 3.08. The van der Waals surface area contributed by atoms with Crippen LogP contribution >= 0.6 is 0 Å². The second-order valence-corrected chi connectivity index (χ2v) is 4.57. The summed E-state index contributed by atoms with van der Waals surface area (Å²) in [5.74, 6) is 0.131. The molecule has 1 aliphatic rings. The van der Waals surface area contributed by atoms with Crippen LogP contribution in [0.5, 0.6) is 0 Å². The predicted octanol–water partition coefficient (Wildman–Crippen LogP) is 1.58.